The molecule has 1 aliphatic rings. The Morgan fingerprint density at radius 2 is 2.24 bits per heavy atom. The highest BCUT2D eigenvalue weighted by Crippen LogP contribution is 2.29. The van der Waals surface area contributed by atoms with Crippen molar-refractivity contribution >= 4 is 28.0 Å². The van der Waals surface area contributed by atoms with Crippen LogP contribution in [0.1, 0.15) is 19.8 Å². The number of hydrogen-bond acceptors (Lipinski definition) is 6. The molecule has 9 heteroatoms. The minimum absolute atomic E-state index is 0.0876. The molecule has 148 valence electrons. The van der Waals surface area contributed by atoms with Gasteiger partial charge in [-0.05, 0) is 6.07 Å². The molecule has 1 N–H and O–H groups in total. The number of carbonyl (C=O) groups is 1. The summed E-state index contributed by atoms with van der Waals surface area (Å²) in [5.74, 6) is 1.38. The van der Waals surface area contributed by atoms with Gasteiger partial charge in [-0.25, -0.2) is 9.97 Å². The predicted molar refractivity (Wildman–Crippen MR) is 107 cm³/mol. The Balaban J connectivity index is 1.48. The molecule has 0 spiro atoms. The molecule has 1 unspecified atom stereocenters. The number of amides is 1. The largest absolute Gasteiger partial charge is 0.471 e. The first-order chi connectivity index (χ1) is 14.1. The zero-order valence-corrected chi connectivity index (χ0v) is 16.3. The van der Waals surface area contributed by atoms with Crippen LogP contribution in [0.15, 0.2) is 30.7 Å². The van der Waals surface area contributed by atoms with Crippen molar-refractivity contribution in [1.82, 2.24) is 34.6 Å². The Hall–Kier alpha value is -3.49. The summed E-state index contributed by atoms with van der Waals surface area (Å²) in [6.07, 6.45) is 4.49. The van der Waals surface area contributed by atoms with Crippen molar-refractivity contribution < 1.29 is 9.53 Å². The summed E-state index contributed by atoms with van der Waals surface area (Å²) in [6.45, 7) is 3.16. The number of carbonyl (C=O) groups excluding carboxylic acids is 1. The molecule has 29 heavy (non-hydrogen) atoms. The summed E-state index contributed by atoms with van der Waals surface area (Å²) in [4.78, 5) is 27.3. The lowest BCUT2D eigenvalue weighted by atomic mass is 10.1. The number of H-pyrrole nitrogens is 1. The van der Waals surface area contributed by atoms with Gasteiger partial charge in [-0.15, -0.1) is 0 Å². The number of aryl methyl sites for hydroxylation is 1. The maximum atomic E-state index is 11.9. The molecule has 3 aromatic heterocycles. The van der Waals surface area contributed by atoms with Gasteiger partial charge in [0.05, 0.1) is 18.3 Å². The first-order valence-electron chi connectivity index (χ1n) is 9.69. The van der Waals surface area contributed by atoms with Crippen LogP contribution in [0, 0.1) is 0 Å². The van der Waals surface area contributed by atoms with Crippen molar-refractivity contribution in [2.24, 2.45) is 7.05 Å². The van der Waals surface area contributed by atoms with E-state index in [1.54, 1.807) is 6.20 Å². The number of aromatic amines is 1. The molecule has 0 aliphatic carbocycles. The highest BCUT2D eigenvalue weighted by Gasteiger charge is 2.28. The first-order valence-corrected chi connectivity index (χ1v) is 9.69. The van der Waals surface area contributed by atoms with Gasteiger partial charge in [0.15, 0.2) is 11.2 Å². The van der Waals surface area contributed by atoms with E-state index < -0.39 is 0 Å². The lowest BCUT2D eigenvalue weighted by Gasteiger charge is -2.16. The number of aromatic nitrogens is 6. The summed E-state index contributed by atoms with van der Waals surface area (Å²) in [7, 11) is 1.93. The minimum Gasteiger partial charge on any atom is -0.471 e. The standard InChI is InChI=1S/C20H21N7O2/c1-3-16(28)27-7-6-14(10-27)29-20-17-19(21-11-22-20)26(2)18(24-17)12-4-5-13-9-23-25-15(13)8-12/h4-5,8-9,11,14H,3,6-7,10H2,1-2H3,(H,23,25). The molecular formula is C20H21N7O2. The average molecular weight is 391 g/mol. The summed E-state index contributed by atoms with van der Waals surface area (Å²) < 4.78 is 8.07. The molecule has 5 rings (SSSR count). The number of nitrogens with zero attached hydrogens (tertiary/aromatic N) is 6. The van der Waals surface area contributed by atoms with Gasteiger partial charge in [0, 0.05) is 37.4 Å². The third-order valence-electron chi connectivity index (χ3n) is 5.40. The molecule has 4 aromatic rings. The van der Waals surface area contributed by atoms with E-state index in [-0.39, 0.29) is 12.0 Å². The van der Waals surface area contributed by atoms with Crippen molar-refractivity contribution in [3.63, 3.8) is 0 Å². The molecular weight excluding hydrogens is 370 g/mol. The van der Waals surface area contributed by atoms with E-state index in [0.717, 1.165) is 28.7 Å². The number of ether oxygens (including phenoxy) is 1. The van der Waals surface area contributed by atoms with E-state index >= 15 is 0 Å². The van der Waals surface area contributed by atoms with Crippen LogP contribution in [0.25, 0.3) is 33.5 Å². The number of rotatable bonds is 4. The van der Waals surface area contributed by atoms with Crippen molar-refractivity contribution in [2.75, 3.05) is 13.1 Å². The first kappa shape index (κ1) is 17.6. The molecule has 1 fully saturated rings. The van der Waals surface area contributed by atoms with Crippen LogP contribution in [0.5, 0.6) is 5.88 Å². The number of fused-ring (bicyclic) bond motifs is 2. The number of likely N-dealkylation sites (tertiary alicyclic amines) is 1. The summed E-state index contributed by atoms with van der Waals surface area (Å²) in [6, 6.07) is 6.04. The Morgan fingerprint density at radius 1 is 1.34 bits per heavy atom. The van der Waals surface area contributed by atoms with Crippen LogP contribution < -0.4 is 4.74 Å². The molecule has 0 radical (unpaired) electrons. The van der Waals surface area contributed by atoms with E-state index in [9.17, 15) is 4.79 Å². The monoisotopic (exact) mass is 391 g/mol. The molecule has 0 saturated carbocycles. The van der Waals surface area contributed by atoms with Gasteiger partial charge in [-0.2, -0.15) is 10.1 Å². The van der Waals surface area contributed by atoms with Crippen LogP contribution in [0.4, 0.5) is 0 Å². The fraction of sp³-hybridized carbons (Fsp3) is 0.350. The van der Waals surface area contributed by atoms with Gasteiger partial charge in [0.2, 0.25) is 11.8 Å². The topological polar surface area (TPSA) is 102 Å². The van der Waals surface area contributed by atoms with Gasteiger partial charge in [0.25, 0.3) is 0 Å². The van der Waals surface area contributed by atoms with Crippen LogP contribution in [0.3, 0.4) is 0 Å². The molecule has 0 bridgehead atoms. The number of imidazole rings is 1. The van der Waals surface area contributed by atoms with Crippen LogP contribution in [-0.4, -0.2) is 59.7 Å². The molecule has 1 atom stereocenters. The van der Waals surface area contributed by atoms with E-state index in [0.29, 0.717) is 36.6 Å². The maximum absolute atomic E-state index is 11.9. The number of nitrogens with one attached hydrogen (secondary N) is 1. The van der Waals surface area contributed by atoms with E-state index in [4.69, 9.17) is 9.72 Å². The fourth-order valence-corrected chi connectivity index (χ4v) is 3.83. The lowest BCUT2D eigenvalue weighted by molar-refractivity contribution is -0.130. The van der Waals surface area contributed by atoms with E-state index in [1.807, 2.05) is 41.6 Å². The summed E-state index contributed by atoms with van der Waals surface area (Å²) in [5, 5.41) is 8.11. The Bertz CT molecular complexity index is 1210. The highest BCUT2D eigenvalue weighted by atomic mass is 16.5. The zero-order chi connectivity index (χ0) is 20.0. The van der Waals surface area contributed by atoms with Crippen molar-refractivity contribution in [3.05, 3.63) is 30.7 Å². The second-order valence-electron chi connectivity index (χ2n) is 7.24. The third kappa shape index (κ3) is 2.98. The average Bonchev–Trinajstić information content (AvgIpc) is 3.46. The predicted octanol–water partition coefficient (Wildman–Crippen LogP) is 2.30. The van der Waals surface area contributed by atoms with Crippen molar-refractivity contribution in [2.45, 2.75) is 25.9 Å². The normalized spacial score (nSPS) is 16.8. The van der Waals surface area contributed by atoms with Gasteiger partial charge in [-0.1, -0.05) is 19.1 Å². The SMILES string of the molecule is CCC(=O)N1CCC(Oc2ncnc3c2nc(-c2ccc4cn[nH]c4c2)n3C)C1. The molecule has 1 saturated heterocycles. The van der Waals surface area contributed by atoms with Gasteiger partial charge in [-0.3, -0.25) is 9.89 Å². The second kappa shape index (κ2) is 6.84. The zero-order valence-electron chi connectivity index (χ0n) is 16.3. The summed E-state index contributed by atoms with van der Waals surface area (Å²) in [5.41, 5.74) is 3.22. The van der Waals surface area contributed by atoms with Crippen molar-refractivity contribution in [1.29, 1.82) is 0 Å². The van der Waals surface area contributed by atoms with E-state index in [2.05, 4.69) is 20.2 Å². The van der Waals surface area contributed by atoms with Crippen LogP contribution >= 0.6 is 0 Å². The molecule has 9 nitrogen and oxygen atoms in total. The van der Waals surface area contributed by atoms with Gasteiger partial charge in [0.1, 0.15) is 18.3 Å². The number of hydrogen-bond donors (Lipinski definition) is 1. The number of benzene rings is 1. The minimum atomic E-state index is -0.0876. The van der Waals surface area contributed by atoms with Gasteiger partial charge < -0.3 is 14.2 Å². The van der Waals surface area contributed by atoms with E-state index in [1.165, 1.54) is 6.33 Å². The van der Waals surface area contributed by atoms with Crippen molar-refractivity contribution in [3.8, 4) is 17.3 Å². The van der Waals surface area contributed by atoms with Crippen LogP contribution in [-0.2, 0) is 11.8 Å². The Kier molecular flexibility index (Phi) is 4.15. The maximum Gasteiger partial charge on any atom is 0.245 e. The Morgan fingerprint density at radius 3 is 3.10 bits per heavy atom. The molecule has 1 aromatic carbocycles. The molecule has 1 amide bonds. The quantitative estimate of drug-likeness (QED) is 0.573. The lowest BCUT2D eigenvalue weighted by Crippen LogP contribution is -2.30. The van der Waals surface area contributed by atoms with Crippen LogP contribution in [0.2, 0.25) is 0 Å². The second-order valence-corrected chi connectivity index (χ2v) is 7.24. The fourth-order valence-electron chi connectivity index (χ4n) is 3.83. The smallest absolute Gasteiger partial charge is 0.245 e. The highest BCUT2D eigenvalue weighted by molar-refractivity contribution is 5.86. The molecule has 1 aliphatic heterocycles. The third-order valence-corrected chi connectivity index (χ3v) is 5.40. The summed E-state index contributed by atoms with van der Waals surface area (Å²) >= 11 is 0. The van der Waals surface area contributed by atoms with Gasteiger partial charge >= 0.3 is 0 Å². The molecule has 4 heterocycles. The Labute approximate surface area is 166 Å².